The number of rotatable bonds is 6. The maximum absolute atomic E-state index is 10.7. The van der Waals surface area contributed by atoms with Crippen LogP contribution in [0.2, 0.25) is 0 Å². The fraction of sp³-hybridized carbons (Fsp3) is 0.188. The SMILES string of the molecule is Cc1ccccc1NCCOc1ccc(C(=O)O)cc1. The second kappa shape index (κ2) is 6.61. The fourth-order valence-electron chi connectivity index (χ4n) is 1.82. The number of nitrogens with one attached hydrogen (secondary N) is 1. The van der Waals surface area contributed by atoms with Crippen LogP contribution in [0.3, 0.4) is 0 Å². The van der Waals surface area contributed by atoms with Gasteiger partial charge in [0.25, 0.3) is 0 Å². The monoisotopic (exact) mass is 271 g/mol. The van der Waals surface area contributed by atoms with Gasteiger partial charge >= 0.3 is 5.97 Å². The zero-order valence-electron chi connectivity index (χ0n) is 11.3. The van der Waals surface area contributed by atoms with Gasteiger partial charge in [-0.3, -0.25) is 0 Å². The molecule has 0 amide bonds. The number of benzene rings is 2. The molecule has 0 spiro atoms. The van der Waals surface area contributed by atoms with Gasteiger partial charge in [0.15, 0.2) is 0 Å². The lowest BCUT2D eigenvalue weighted by Gasteiger charge is -2.10. The Hall–Kier alpha value is -2.49. The molecule has 2 aromatic carbocycles. The highest BCUT2D eigenvalue weighted by atomic mass is 16.5. The van der Waals surface area contributed by atoms with Crippen molar-refractivity contribution in [2.75, 3.05) is 18.5 Å². The van der Waals surface area contributed by atoms with Crippen LogP contribution in [0.1, 0.15) is 15.9 Å². The van der Waals surface area contributed by atoms with E-state index < -0.39 is 5.97 Å². The highest BCUT2D eigenvalue weighted by Crippen LogP contribution is 2.14. The van der Waals surface area contributed by atoms with E-state index in [1.54, 1.807) is 12.1 Å². The molecule has 0 saturated carbocycles. The molecular formula is C16H17NO3. The highest BCUT2D eigenvalue weighted by Gasteiger charge is 2.02. The topological polar surface area (TPSA) is 58.6 Å². The van der Waals surface area contributed by atoms with Crippen LogP contribution in [-0.2, 0) is 0 Å². The van der Waals surface area contributed by atoms with E-state index in [4.69, 9.17) is 9.84 Å². The first-order valence-electron chi connectivity index (χ1n) is 6.42. The average Bonchev–Trinajstić information content (AvgIpc) is 2.46. The van der Waals surface area contributed by atoms with Crippen LogP contribution in [0.15, 0.2) is 48.5 Å². The third-order valence-corrected chi connectivity index (χ3v) is 2.93. The molecule has 0 aliphatic heterocycles. The maximum Gasteiger partial charge on any atom is 0.335 e. The lowest BCUT2D eigenvalue weighted by molar-refractivity contribution is 0.0697. The first-order chi connectivity index (χ1) is 9.66. The zero-order chi connectivity index (χ0) is 14.4. The molecule has 0 aliphatic carbocycles. The number of anilines is 1. The Labute approximate surface area is 118 Å². The molecule has 0 fully saturated rings. The lowest BCUT2D eigenvalue weighted by Crippen LogP contribution is -2.12. The van der Waals surface area contributed by atoms with Crippen LogP contribution in [0.4, 0.5) is 5.69 Å². The molecule has 0 saturated heterocycles. The summed E-state index contributed by atoms with van der Waals surface area (Å²) in [4.78, 5) is 10.7. The number of aromatic carboxylic acids is 1. The van der Waals surface area contributed by atoms with Crippen LogP contribution < -0.4 is 10.1 Å². The van der Waals surface area contributed by atoms with Crippen molar-refractivity contribution in [1.29, 1.82) is 0 Å². The van der Waals surface area contributed by atoms with E-state index >= 15 is 0 Å². The summed E-state index contributed by atoms with van der Waals surface area (Å²) in [6.45, 7) is 3.25. The van der Waals surface area contributed by atoms with Gasteiger partial charge in [-0.05, 0) is 42.8 Å². The summed E-state index contributed by atoms with van der Waals surface area (Å²) in [5, 5.41) is 12.1. The molecule has 0 radical (unpaired) electrons. The number of ether oxygens (including phenoxy) is 1. The van der Waals surface area contributed by atoms with Gasteiger partial charge in [-0.2, -0.15) is 0 Å². The van der Waals surface area contributed by atoms with Crippen molar-refractivity contribution in [2.45, 2.75) is 6.92 Å². The van der Waals surface area contributed by atoms with Crippen molar-refractivity contribution in [3.05, 3.63) is 59.7 Å². The number of hydrogen-bond donors (Lipinski definition) is 2. The van der Waals surface area contributed by atoms with E-state index in [-0.39, 0.29) is 5.56 Å². The van der Waals surface area contributed by atoms with Crippen LogP contribution in [0, 0.1) is 6.92 Å². The van der Waals surface area contributed by atoms with Crippen molar-refractivity contribution >= 4 is 11.7 Å². The van der Waals surface area contributed by atoms with Crippen molar-refractivity contribution in [2.24, 2.45) is 0 Å². The molecule has 104 valence electrons. The molecule has 0 atom stereocenters. The van der Waals surface area contributed by atoms with Crippen LogP contribution >= 0.6 is 0 Å². The number of para-hydroxylation sites is 1. The molecule has 0 heterocycles. The summed E-state index contributed by atoms with van der Waals surface area (Å²) in [6, 6.07) is 14.5. The Morgan fingerprint density at radius 2 is 1.85 bits per heavy atom. The predicted molar refractivity (Wildman–Crippen MR) is 78.6 cm³/mol. The standard InChI is InChI=1S/C16H17NO3/c1-12-4-2-3-5-15(12)17-10-11-20-14-8-6-13(7-9-14)16(18)19/h2-9,17H,10-11H2,1H3,(H,18,19). The third-order valence-electron chi connectivity index (χ3n) is 2.93. The Balaban J connectivity index is 1.79. The van der Waals surface area contributed by atoms with Gasteiger partial charge in [-0.15, -0.1) is 0 Å². The third kappa shape index (κ3) is 3.75. The molecule has 0 bridgehead atoms. The summed E-state index contributed by atoms with van der Waals surface area (Å²) >= 11 is 0. The van der Waals surface area contributed by atoms with E-state index in [2.05, 4.69) is 5.32 Å². The number of carboxylic acid groups (broad SMARTS) is 1. The van der Waals surface area contributed by atoms with Gasteiger partial charge in [0, 0.05) is 12.2 Å². The summed E-state index contributed by atoms with van der Waals surface area (Å²) in [6.07, 6.45) is 0. The Kier molecular flexibility index (Phi) is 4.60. The Bertz CT molecular complexity index is 579. The molecule has 2 N–H and O–H groups in total. The minimum Gasteiger partial charge on any atom is -0.492 e. The van der Waals surface area contributed by atoms with Crippen LogP contribution in [0.25, 0.3) is 0 Å². The smallest absolute Gasteiger partial charge is 0.335 e. The summed E-state index contributed by atoms with van der Waals surface area (Å²) in [5.74, 6) is -0.264. The van der Waals surface area contributed by atoms with E-state index in [1.807, 2.05) is 31.2 Å². The average molecular weight is 271 g/mol. The summed E-state index contributed by atoms with van der Waals surface area (Å²) in [7, 11) is 0. The molecule has 4 nitrogen and oxygen atoms in total. The van der Waals surface area contributed by atoms with Crippen LogP contribution in [-0.4, -0.2) is 24.2 Å². The molecule has 0 aliphatic rings. The number of carboxylic acids is 1. The van der Waals surface area contributed by atoms with Crippen molar-refractivity contribution in [3.8, 4) is 5.75 Å². The van der Waals surface area contributed by atoms with E-state index in [0.717, 1.165) is 5.69 Å². The number of aryl methyl sites for hydroxylation is 1. The lowest BCUT2D eigenvalue weighted by atomic mass is 10.2. The van der Waals surface area contributed by atoms with E-state index in [9.17, 15) is 4.79 Å². The molecule has 4 heteroatoms. The van der Waals surface area contributed by atoms with Crippen molar-refractivity contribution < 1.29 is 14.6 Å². The summed E-state index contributed by atoms with van der Waals surface area (Å²) < 4.78 is 5.55. The minimum absolute atomic E-state index is 0.260. The van der Waals surface area contributed by atoms with Crippen LogP contribution in [0.5, 0.6) is 5.75 Å². The van der Waals surface area contributed by atoms with Crippen molar-refractivity contribution in [1.82, 2.24) is 0 Å². The van der Waals surface area contributed by atoms with Gasteiger partial charge in [-0.1, -0.05) is 18.2 Å². The molecule has 2 rings (SSSR count). The van der Waals surface area contributed by atoms with Gasteiger partial charge < -0.3 is 15.2 Å². The van der Waals surface area contributed by atoms with Gasteiger partial charge in [0.05, 0.1) is 5.56 Å². The van der Waals surface area contributed by atoms with E-state index in [1.165, 1.54) is 17.7 Å². The molecule has 0 unspecified atom stereocenters. The maximum atomic E-state index is 10.7. The Morgan fingerprint density at radius 1 is 1.15 bits per heavy atom. The zero-order valence-corrected chi connectivity index (χ0v) is 11.3. The van der Waals surface area contributed by atoms with Gasteiger partial charge in [-0.25, -0.2) is 4.79 Å². The molecular weight excluding hydrogens is 254 g/mol. The Morgan fingerprint density at radius 3 is 2.50 bits per heavy atom. The number of hydrogen-bond acceptors (Lipinski definition) is 3. The molecule has 2 aromatic rings. The van der Waals surface area contributed by atoms with E-state index in [0.29, 0.717) is 18.9 Å². The molecule has 0 aromatic heterocycles. The number of carbonyl (C=O) groups is 1. The second-order valence-corrected chi connectivity index (χ2v) is 4.42. The fourth-order valence-corrected chi connectivity index (χ4v) is 1.82. The molecule has 20 heavy (non-hydrogen) atoms. The van der Waals surface area contributed by atoms with Crippen molar-refractivity contribution in [3.63, 3.8) is 0 Å². The predicted octanol–water partition coefficient (Wildman–Crippen LogP) is 3.18. The highest BCUT2D eigenvalue weighted by molar-refractivity contribution is 5.87. The van der Waals surface area contributed by atoms with Gasteiger partial charge in [0.2, 0.25) is 0 Å². The first kappa shape index (κ1) is 13.9. The largest absolute Gasteiger partial charge is 0.492 e. The quantitative estimate of drug-likeness (QED) is 0.792. The van der Waals surface area contributed by atoms with Gasteiger partial charge in [0.1, 0.15) is 12.4 Å². The first-order valence-corrected chi connectivity index (χ1v) is 6.42. The summed E-state index contributed by atoms with van der Waals surface area (Å²) in [5.41, 5.74) is 2.55. The second-order valence-electron chi connectivity index (χ2n) is 4.42. The normalized spacial score (nSPS) is 10.1. The minimum atomic E-state index is -0.933.